The van der Waals surface area contributed by atoms with Gasteiger partial charge in [0, 0.05) is 11.8 Å². The number of hydrazine groups is 1. The Morgan fingerprint density at radius 3 is 1.21 bits per heavy atom. The predicted molar refractivity (Wildman–Crippen MR) is 84.5 cm³/mol. The maximum Gasteiger partial charge on any atom is 0.437 e. The van der Waals surface area contributed by atoms with Gasteiger partial charge < -0.3 is 9.47 Å². The molecule has 8 nitrogen and oxygen atoms in total. The SMILES string of the molecule is CC1C(=O)N(C(=O)OC(C)(C)C)N(C(=O)OC(C)(C)C)C(=O)C1C. The zero-order valence-corrected chi connectivity index (χ0v) is 15.5. The third kappa shape index (κ3) is 4.46. The Bertz CT molecular complexity index is 508. The molecule has 0 spiro atoms. The average Bonchev–Trinajstić information content (AvgIpc) is 2.35. The second kappa shape index (κ2) is 6.41. The number of hydrogen-bond acceptors (Lipinski definition) is 6. The highest BCUT2D eigenvalue weighted by Gasteiger charge is 2.50. The van der Waals surface area contributed by atoms with Crippen molar-refractivity contribution in [2.45, 2.75) is 66.6 Å². The molecule has 0 saturated carbocycles. The van der Waals surface area contributed by atoms with Crippen molar-refractivity contribution in [3.05, 3.63) is 0 Å². The maximum absolute atomic E-state index is 12.5. The lowest BCUT2D eigenvalue weighted by Gasteiger charge is -2.40. The molecule has 1 rings (SSSR count). The average molecular weight is 342 g/mol. The Labute approximate surface area is 142 Å². The summed E-state index contributed by atoms with van der Waals surface area (Å²) in [5, 5.41) is 0.874. The normalized spacial score (nSPS) is 22.5. The molecule has 1 heterocycles. The van der Waals surface area contributed by atoms with Gasteiger partial charge in [0.15, 0.2) is 0 Å². The Morgan fingerprint density at radius 1 is 0.750 bits per heavy atom. The van der Waals surface area contributed by atoms with E-state index >= 15 is 0 Å². The van der Waals surface area contributed by atoms with Gasteiger partial charge in [0.1, 0.15) is 11.2 Å². The summed E-state index contributed by atoms with van der Waals surface area (Å²) in [5.41, 5.74) is -1.79. The fraction of sp³-hybridized carbons (Fsp3) is 0.750. The van der Waals surface area contributed by atoms with Crippen LogP contribution in [0, 0.1) is 11.8 Å². The second-order valence-electron chi connectivity index (χ2n) is 7.84. The van der Waals surface area contributed by atoms with Crippen molar-refractivity contribution < 1.29 is 28.7 Å². The quantitative estimate of drug-likeness (QED) is 0.672. The zero-order valence-electron chi connectivity index (χ0n) is 15.5. The molecule has 1 aliphatic heterocycles. The van der Waals surface area contributed by atoms with Gasteiger partial charge in [-0.1, -0.05) is 13.8 Å². The Balaban J connectivity index is 3.25. The minimum Gasteiger partial charge on any atom is -0.442 e. The molecule has 1 aliphatic rings. The fourth-order valence-electron chi connectivity index (χ4n) is 1.96. The van der Waals surface area contributed by atoms with Crippen LogP contribution in [0.3, 0.4) is 0 Å². The van der Waals surface area contributed by atoms with E-state index in [4.69, 9.17) is 9.47 Å². The molecule has 2 atom stereocenters. The lowest BCUT2D eigenvalue weighted by Crippen LogP contribution is -2.64. The monoisotopic (exact) mass is 342 g/mol. The summed E-state index contributed by atoms with van der Waals surface area (Å²) in [6, 6.07) is 0. The minimum atomic E-state index is -1.09. The first-order chi connectivity index (χ1) is 10.7. The minimum absolute atomic E-state index is 0.437. The van der Waals surface area contributed by atoms with Crippen LogP contribution in [-0.2, 0) is 19.1 Å². The van der Waals surface area contributed by atoms with Crippen molar-refractivity contribution in [1.82, 2.24) is 10.0 Å². The molecule has 8 heteroatoms. The van der Waals surface area contributed by atoms with Gasteiger partial charge in [0.2, 0.25) is 0 Å². The topological polar surface area (TPSA) is 93.2 Å². The predicted octanol–water partition coefficient (Wildman–Crippen LogP) is 2.71. The first kappa shape index (κ1) is 19.9. The highest BCUT2D eigenvalue weighted by atomic mass is 16.6. The van der Waals surface area contributed by atoms with Gasteiger partial charge in [-0.05, 0) is 41.5 Å². The number of amides is 4. The van der Waals surface area contributed by atoms with Gasteiger partial charge in [0.05, 0.1) is 0 Å². The smallest absolute Gasteiger partial charge is 0.437 e. The molecule has 2 unspecified atom stereocenters. The zero-order chi connectivity index (χ0) is 19.0. The van der Waals surface area contributed by atoms with E-state index in [1.165, 1.54) is 13.8 Å². The first-order valence-electron chi connectivity index (χ1n) is 7.79. The van der Waals surface area contributed by atoms with E-state index in [0.29, 0.717) is 10.0 Å². The third-order valence-electron chi connectivity index (χ3n) is 3.28. The van der Waals surface area contributed by atoms with Crippen LogP contribution in [0.4, 0.5) is 9.59 Å². The number of hydrogen-bond donors (Lipinski definition) is 0. The van der Waals surface area contributed by atoms with Crippen molar-refractivity contribution >= 4 is 24.0 Å². The van der Waals surface area contributed by atoms with Crippen LogP contribution >= 0.6 is 0 Å². The van der Waals surface area contributed by atoms with E-state index in [1.807, 2.05) is 0 Å². The second-order valence-corrected chi connectivity index (χ2v) is 7.84. The number of ether oxygens (including phenoxy) is 2. The largest absolute Gasteiger partial charge is 0.442 e. The molecule has 0 N–H and O–H groups in total. The van der Waals surface area contributed by atoms with Gasteiger partial charge in [-0.2, -0.15) is 0 Å². The Kier molecular flexibility index (Phi) is 5.32. The third-order valence-corrected chi connectivity index (χ3v) is 3.28. The molecule has 136 valence electrons. The van der Waals surface area contributed by atoms with E-state index < -0.39 is 47.0 Å². The molecule has 1 fully saturated rings. The molecule has 0 aromatic heterocycles. The van der Waals surface area contributed by atoms with E-state index in [9.17, 15) is 19.2 Å². The molecule has 0 aromatic carbocycles. The molecule has 0 aromatic rings. The molecule has 4 amide bonds. The number of carbonyl (C=O) groups is 4. The van der Waals surface area contributed by atoms with Crippen molar-refractivity contribution in [3.8, 4) is 0 Å². The molecule has 1 saturated heterocycles. The van der Waals surface area contributed by atoms with Crippen LogP contribution < -0.4 is 0 Å². The number of rotatable bonds is 0. The fourth-order valence-corrected chi connectivity index (χ4v) is 1.96. The van der Waals surface area contributed by atoms with Crippen molar-refractivity contribution in [2.24, 2.45) is 11.8 Å². The van der Waals surface area contributed by atoms with Crippen LogP contribution in [0.2, 0.25) is 0 Å². The number of imide groups is 2. The van der Waals surface area contributed by atoms with E-state index in [-0.39, 0.29) is 0 Å². The van der Waals surface area contributed by atoms with Gasteiger partial charge in [-0.25, -0.2) is 9.59 Å². The van der Waals surface area contributed by atoms with Crippen molar-refractivity contribution in [1.29, 1.82) is 0 Å². The summed E-state index contributed by atoms with van der Waals surface area (Å²) in [6.45, 7) is 12.7. The Morgan fingerprint density at radius 2 is 1.00 bits per heavy atom. The molecule has 0 radical (unpaired) electrons. The number of nitrogens with zero attached hydrogens (tertiary/aromatic N) is 2. The van der Waals surface area contributed by atoms with E-state index in [2.05, 4.69) is 0 Å². The molecule has 24 heavy (non-hydrogen) atoms. The van der Waals surface area contributed by atoms with Crippen LogP contribution in [0.25, 0.3) is 0 Å². The summed E-state index contributed by atoms with van der Waals surface area (Å²) in [6.07, 6.45) is -2.18. The summed E-state index contributed by atoms with van der Waals surface area (Å²) >= 11 is 0. The van der Waals surface area contributed by atoms with Gasteiger partial charge in [-0.15, -0.1) is 10.0 Å². The standard InChI is InChI=1S/C16H26N2O6/c1-9-10(2)12(20)18(14(22)24-16(6,7)8)17(11(9)19)13(21)23-15(3,4)5/h9-10H,1-8H3. The summed E-state index contributed by atoms with van der Waals surface area (Å²) in [5.74, 6) is -2.91. The van der Waals surface area contributed by atoms with E-state index in [0.717, 1.165) is 0 Å². The van der Waals surface area contributed by atoms with Gasteiger partial charge in [-0.3, -0.25) is 9.59 Å². The highest BCUT2D eigenvalue weighted by molar-refractivity contribution is 6.06. The molecule has 0 aliphatic carbocycles. The van der Waals surface area contributed by atoms with Crippen molar-refractivity contribution in [2.75, 3.05) is 0 Å². The van der Waals surface area contributed by atoms with E-state index in [1.54, 1.807) is 41.5 Å². The highest BCUT2D eigenvalue weighted by Crippen LogP contribution is 2.28. The molecular weight excluding hydrogens is 316 g/mol. The lowest BCUT2D eigenvalue weighted by molar-refractivity contribution is -0.175. The summed E-state index contributed by atoms with van der Waals surface area (Å²) in [7, 11) is 0. The molecular formula is C16H26N2O6. The lowest BCUT2D eigenvalue weighted by atomic mass is 9.92. The van der Waals surface area contributed by atoms with Crippen LogP contribution in [0.15, 0.2) is 0 Å². The van der Waals surface area contributed by atoms with Gasteiger partial charge in [0.25, 0.3) is 11.8 Å². The molecule has 0 bridgehead atoms. The maximum atomic E-state index is 12.5. The van der Waals surface area contributed by atoms with Crippen LogP contribution in [0.1, 0.15) is 55.4 Å². The first-order valence-corrected chi connectivity index (χ1v) is 7.79. The Hall–Kier alpha value is -2.12. The van der Waals surface area contributed by atoms with Crippen LogP contribution in [0.5, 0.6) is 0 Å². The van der Waals surface area contributed by atoms with Crippen LogP contribution in [-0.4, -0.2) is 45.2 Å². The van der Waals surface area contributed by atoms with Gasteiger partial charge >= 0.3 is 12.2 Å². The summed E-state index contributed by atoms with van der Waals surface area (Å²) in [4.78, 5) is 49.8. The van der Waals surface area contributed by atoms with Crippen molar-refractivity contribution in [3.63, 3.8) is 0 Å². The summed E-state index contributed by atoms with van der Waals surface area (Å²) < 4.78 is 10.3. The number of carbonyl (C=O) groups excluding carboxylic acids is 4.